The lowest BCUT2D eigenvalue weighted by Crippen LogP contribution is -2.35. The number of hydrogen-bond acceptors (Lipinski definition) is 3. The number of hydrogen-bond donors (Lipinski definition) is 0. The van der Waals surface area contributed by atoms with E-state index in [0.717, 1.165) is 17.9 Å². The maximum absolute atomic E-state index is 11.1. The minimum atomic E-state index is -0.363. The van der Waals surface area contributed by atoms with E-state index >= 15 is 0 Å². The Balaban J connectivity index is 3.96. The van der Waals surface area contributed by atoms with Crippen LogP contribution in [0.25, 0.3) is 0 Å². The van der Waals surface area contributed by atoms with Gasteiger partial charge in [0, 0.05) is 20.6 Å². The van der Waals surface area contributed by atoms with Crippen LogP contribution in [-0.4, -0.2) is 36.6 Å². The molecule has 2 amide bonds. The van der Waals surface area contributed by atoms with Crippen molar-refractivity contribution in [3.63, 3.8) is 0 Å². The van der Waals surface area contributed by atoms with Crippen molar-refractivity contribution in [2.24, 2.45) is 5.29 Å². The smallest absolute Gasteiger partial charge is 0.329 e. The second kappa shape index (κ2) is 5.51. The van der Waals surface area contributed by atoms with E-state index in [1.165, 1.54) is 4.90 Å². The van der Waals surface area contributed by atoms with Crippen LogP contribution >= 0.6 is 0 Å². The number of carbonyl (C=O) groups is 1. The molecule has 0 aromatic carbocycles. The summed E-state index contributed by atoms with van der Waals surface area (Å²) in [4.78, 5) is 22.7. The van der Waals surface area contributed by atoms with Crippen molar-refractivity contribution in [3.8, 4) is 0 Å². The molecule has 70 valence electrons. The molecule has 0 aliphatic heterocycles. The van der Waals surface area contributed by atoms with Gasteiger partial charge in [0.2, 0.25) is 0 Å². The molecule has 0 fully saturated rings. The highest BCUT2D eigenvalue weighted by Crippen LogP contribution is 1.98. The van der Waals surface area contributed by atoms with Gasteiger partial charge in [0.15, 0.2) is 0 Å². The van der Waals surface area contributed by atoms with Gasteiger partial charge in [0.1, 0.15) is 0 Å². The molecule has 0 N–H and O–H groups in total. The summed E-state index contributed by atoms with van der Waals surface area (Å²) in [6, 6.07) is -0.363. The van der Waals surface area contributed by atoms with Crippen LogP contribution in [0.3, 0.4) is 0 Å². The number of nitroso groups, excluding NO2 is 1. The Labute approximate surface area is 72.3 Å². The molecule has 0 saturated carbocycles. The van der Waals surface area contributed by atoms with E-state index in [4.69, 9.17) is 0 Å². The molecule has 0 radical (unpaired) electrons. The van der Waals surface area contributed by atoms with Crippen molar-refractivity contribution in [3.05, 3.63) is 4.91 Å². The lowest BCUT2D eigenvalue weighted by molar-refractivity contribution is 0.171. The normalized spacial score (nSPS) is 9.25. The van der Waals surface area contributed by atoms with Crippen LogP contribution in [0.15, 0.2) is 5.29 Å². The molecule has 0 atom stereocenters. The Kier molecular flexibility index (Phi) is 4.99. The maximum atomic E-state index is 11.1. The minimum Gasteiger partial charge on any atom is -0.329 e. The largest absolute Gasteiger partial charge is 0.342 e. The highest BCUT2D eigenvalue weighted by atomic mass is 16.3. The Morgan fingerprint density at radius 3 is 2.33 bits per heavy atom. The predicted octanol–water partition coefficient (Wildman–Crippen LogP) is 1.45. The SMILES string of the molecule is CCCCN(N=O)C(=O)N(C)C. The van der Waals surface area contributed by atoms with Crippen molar-refractivity contribution in [2.45, 2.75) is 19.8 Å². The van der Waals surface area contributed by atoms with Crippen molar-refractivity contribution >= 4 is 6.03 Å². The summed E-state index contributed by atoms with van der Waals surface area (Å²) in [5.74, 6) is 0. The zero-order chi connectivity index (χ0) is 9.56. The monoisotopic (exact) mass is 173 g/mol. The molecule has 12 heavy (non-hydrogen) atoms. The molecule has 5 nitrogen and oxygen atoms in total. The molecule has 0 aliphatic carbocycles. The van der Waals surface area contributed by atoms with Crippen molar-refractivity contribution < 1.29 is 4.79 Å². The quantitative estimate of drug-likeness (QED) is 0.477. The highest BCUT2D eigenvalue weighted by molar-refractivity contribution is 5.73. The van der Waals surface area contributed by atoms with Crippen molar-refractivity contribution in [2.75, 3.05) is 20.6 Å². The van der Waals surface area contributed by atoms with Crippen LogP contribution in [0.2, 0.25) is 0 Å². The van der Waals surface area contributed by atoms with Gasteiger partial charge in [-0.1, -0.05) is 13.3 Å². The number of amides is 2. The third-order valence-corrected chi connectivity index (χ3v) is 1.43. The van der Waals surface area contributed by atoms with Gasteiger partial charge in [-0.2, -0.15) is 5.01 Å². The van der Waals surface area contributed by atoms with Crippen LogP contribution in [0, 0.1) is 4.91 Å². The molecule has 0 rings (SSSR count). The first-order valence-electron chi connectivity index (χ1n) is 3.95. The first-order valence-corrected chi connectivity index (χ1v) is 3.95. The Morgan fingerprint density at radius 1 is 1.42 bits per heavy atom. The number of rotatable bonds is 4. The lowest BCUT2D eigenvalue weighted by Gasteiger charge is -2.17. The standard InChI is InChI=1S/C7H15N3O2/c1-4-5-6-10(8-12)7(11)9(2)3/h4-6H2,1-3H3. The maximum Gasteiger partial charge on any atom is 0.342 e. The van der Waals surface area contributed by atoms with Crippen LogP contribution < -0.4 is 0 Å². The Bertz CT molecular complexity index is 159. The number of nitrogens with zero attached hydrogens (tertiary/aromatic N) is 3. The summed E-state index contributed by atoms with van der Waals surface area (Å²) >= 11 is 0. The van der Waals surface area contributed by atoms with Gasteiger partial charge in [-0.05, 0) is 6.42 Å². The first kappa shape index (κ1) is 10.9. The highest BCUT2D eigenvalue weighted by Gasteiger charge is 2.14. The fraction of sp³-hybridized carbons (Fsp3) is 0.857. The molecule has 0 aliphatic rings. The van der Waals surface area contributed by atoms with Gasteiger partial charge < -0.3 is 4.90 Å². The van der Waals surface area contributed by atoms with E-state index in [2.05, 4.69) is 5.29 Å². The fourth-order valence-electron chi connectivity index (χ4n) is 0.710. The van der Waals surface area contributed by atoms with Gasteiger partial charge >= 0.3 is 6.03 Å². The summed E-state index contributed by atoms with van der Waals surface area (Å²) in [5, 5.41) is 3.57. The van der Waals surface area contributed by atoms with Crippen molar-refractivity contribution in [1.29, 1.82) is 0 Å². The van der Waals surface area contributed by atoms with Gasteiger partial charge in [0.05, 0.1) is 5.29 Å². The van der Waals surface area contributed by atoms with Crippen LogP contribution in [0.5, 0.6) is 0 Å². The van der Waals surface area contributed by atoms with Crippen molar-refractivity contribution in [1.82, 2.24) is 9.91 Å². The van der Waals surface area contributed by atoms with E-state index in [0.29, 0.717) is 6.54 Å². The van der Waals surface area contributed by atoms with E-state index in [1.807, 2.05) is 6.92 Å². The molecule has 0 unspecified atom stereocenters. The average molecular weight is 173 g/mol. The van der Waals surface area contributed by atoms with E-state index in [1.54, 1.807) is 14.1 Å². The van der Waals surface area contributed by atoms with Gasteiger partial charge in [-0.3, -0.25) is 0 Å². The lowest BCUT2D eigenvalue weighted by atomic mass is 10.3. The number of urea groups is 1. The van der Waals surface area contributed by atoms with Crippen LogP contribution in [-0.2, 0) is 0 Å². The van der Waals surface area contributed by atoms with Crippen LogP contribution in [0.4, 0.5) is 4.79 Å². The van der Waals surface area contributed by atoms with E-state index in [-0.39, 0.29) is 6.03 Å². The summed E-state index contributed by atoms with van der Waals surface area (Å²) in [6.45, 7) is 2.39. The second-order valence-electron chi connectivity index (χ2n) is 2.74. The molecule has 0 spiro atoms. The Hall–Kier alpha value is -1.13. The van der Waals surface area contributed by atoms with Gasteiger partial charge in [-0.25, -0.2) is 4.79 Å². The summed E-state index contributed by atoms with van der Waals surface area (Å²) in [5.41, 5.74) is 0. The molecular weight excluding hydrogens is 158 g/mol. The van der Waals surface area contributed by atoms with E-state index < -0.39 is 0 Å². The number of unbranched alkanes of at least 4 members (excludes halogenated alkanes) is 1. The summed E-state index contributed by atoms with van der Waals surface area (Å²) in [6.07, 6.45) is 1.73. The van der Waals surface area contributed by atoms with Gasteiger partial charge in [-0.15, -0.1) is 4.91 Å². The summed E-state index contributed by atoms with van der Waals surface area (Å²) < 4.78 is 0. The third-order valence-electron chi connectivity index (χ3n) is 1.43. The first-order chi connectivity index (χ1) is 5.63. The minimum absolute atomic E-state index is 0.363. The average Bonchev–Trinajstić information content (AvgIpc) is 2.05. The molecule has 0 aromatic heterocycles. The topological polar surface area (TPSA) is 53.0 Å². The molecular formula is C7H15N3O2. The molecule has 5 heteroatoms. The Morgan fingerprint density at radius 2 is 2.00 bits per heavy atom. The zero-order valence-electron chi connectivity index (χ0n) is 7.78. The van der Waals surface area contributed by atoms with Gasteiger partial charge in [0.25, 0.3) is 0 Å². The second-order valence-corrected chi connectivity index (χ2v) is 2.74. The molecule has 0 bridgehead atoms. The predicted molar refractivity (Wildman–Crippen MR) is 46.5 cm³/mol. The summed E-state index contributed by atoms with van der Waals surface area (Å²) in [7, 11) is 3.18. The van der Waals surface area contributed by atoms with E-state index in [9.17, 15) is 9.70 Å². The zero-order valence-corrected chi connectivity index (χ0v) is 7.78. The fourth-order valence-corrected chi connectivity index (χ4v) is 0.710. The molecule has 0 aromatic rings. The van der Waals surface area contributed by atoms with Crippen LogP contribution in [0.1, 0.15) is 19.8 Å². The molecule has 0 saturated heterocycles. The number of carbonyl (C=O) groups excluding carboxylic acids is 1. The third kappa shape index (κ3) is 3.32. The molecule has 0 heterocycles.